The number of anilines is 2. The third-order valence-corrected chi connectivity index (χ3v) is 1.39. The highest BCUT2D eigenvalue weighted by Crippen LogP contribution is 2.16. The van der Waals surface area contributed by atoms with Gasteiger partial charge in [0.25, 0.3) is 5.91 Å². The van der Waals surface area contributed by atoms with E-state index in [2.05, 4.69) is 15.3 Å². The van der Waals surface area contributed by atoms with Crippen LogP contribution in [0.25, 0.3) is 0 Å². The minimum Gasteiger partial charge on any atom is -0.383 e. The molecule has 0 aromatic carbocycles. The maximum Gasteiger partial charge on any atom is 0.312 e. The number of nitrogens with zero attached hydrogens (tertiary/aromatic N) is 2. The second-order valence-electron chi connectivity index (χ2n) is 2.22. The number of hydrogen-bond acceptors (Lipinski definition) is 5. The number of aromatic nitrogens is 2. The molecule has 0 saturated carbocycles. The van der Waals surface area contributed by atoms with E-state index in [4.69, 9.17) is 11.5 Å². The number of rotatable bonds is 2. The number of primary amides is 1. The molecule has 1 aromatic rings. The van der Waals surface area contributed by atoms with E-state index in [1.165, 1.54) is 7.05 Å². The van der Waals surface area contributed by atoms with Gasteiger partial charge in [-0.25, -0.2) is 0 Å². The Bertz CT molecular complexity index is 353. The zero-order valence-corrected chi connectivity index (χ0v) is 6.84. The first-order chi connectivity index (χ1) is 6.06. The predicted molar refractivity (Wildman–Crippen MR) is 44.5 cm³/mol. The fraction of sp³-hybridized carbons (Fsp3) is 0.167. The molecule has 5 N–H and O–H groups in total. The molecule has 13 heavy (non-hydrogen) atoms. The third kappa shape index (κ3) is 1.63. The normalized spacial score (nSPS) is 9.69. The van der Waals surface area contributed by atoms with Crippen molar-refractivity contribution >= 4 is 17.5 Å². The van der Waals surface area contributed by atoms with E-state index in [-0.39, 0.29) is 17.2 Å². The Morgan fingerprint density at radius 2 is 2.15 bits per heavy atom. The van der Waals surface area contributed by atoms with E-state index in [9.17, 15) is 9.18 Å². The van der Waals surface area contributed by atoms with Crippen molar-refractivity contribution in [1.29, 1.82) is 0 Å². The molecule has 6 nitrogen and oxygen atoms in total. The molecule has 1 heterocycles. The predicted octanol–water partition coefficient (Wildman–Crippen LogP) is -0.661. The van der Waals surface area contributed by atoms with Gasteiger partial charge in [0.1, 0.15) is 17.2 Å². The molecule has 1 amide bonds. The number of nitrogen functional groups attached to an aromatic ring is 1. The first kappa shape index (κ1) is 9.17. The maximum atomic E-state index is 12.6. The van der Waals surface area contributed by atoms with Gasteiger partial charge in [-0.3, -0.25) is 4.79 Å². The first-order valence-electron chi connectivity index (χ1n) is 3.36. The maximum absolute atomic E-state index is 12.6. The van der Waals surface area contributed by atoms with Crippen LogP contribution in [0.5, 0.6) is 0 Å². The van der Waals surface area contributed by atoms with Crippen LogP contribution in [0.2, 0.25) is 0 Å². The topological polar surface area (TPSA) is 107 Å². The highest BCUT2D eigenvalue weighted by molar-refractivity contribution is 6.01. The molecule has 0 aliphatic carbocycles. The summed E-state index contributed by atoms with van der Waals surface area (Å²) in [4.78, 5) is 17.3. The summed E-state index contributed by atoms with van der Waals surface area (Å²) in [6.07, 6.45) is -1.01. The summed E-state index contributed by atoms with van der Waals surface area (Å²) in [5.41, 5.74) is 10.1. The fourth-order valence-corrected chi connectivity index (χ4v) is 0.874. The van der Waals surface area contributed by atoms with Crippen molar-refractivity contribution in [3.63, 3.8) is 0 Å². The van der Waals surface area contributed by atoms with Gasteiger partial charge < -0.3 is 16.8 Å². The zero-order chi connectivity index (χ0) is 10.0. The Hall–Kier alpha value is -1.92. The monoisotopic (exact) mass is 185 g/mol. The van der Waals surface area contributed by atoms with E-state index in [0.717, 1.165) is 0 Å². The molecule has 0 bridgehead atoms. The Kier molecular flexibility index (Phi) is 2.27. The number of nitrogens with two attached hydrogens (primary N) is 2. The van der Waals surface area contributed by atoms with Crippen molar-refractivity contribution < 1.29 is 9.18 Å². The Labute approximate surface area is 73.2 Å². The lowest BCUT2D eigenvalue weighted by molar-refractivity contribution is 0.100. The Balaban J connectivity index is 3.38. The molecule has 1 aromatic heterocycles. The molecular weight excluding hydrogens is 177 g/mol. The van der Waals surface area contributed by atoms with Crippen LogP contribution in [-0.4, -0.2) is 22.9 Å². The number of carbonyl (C=O) groups excluding carboxylic acids is 1. The van der Waals surface area contributed by atoms with Crippen molar-refractivity contribution in [2.75, 3.05) is 18.1 Å². The fourth-order valence-electron chi connectivity index (χ4n) is 0.874. The van der Waals surface area contributed by atoms with Gasteiger partial charge in [0.05, 0.1) is 0 Å². The van der Waals surface area contributed by atoms with E-state index in [0.29, 0.717) is 0 Å². The average molecular weight is 185 g/mol. The van der Waals surface area contributed by atoms with Crippen molar-refractivity contribution in [2.45, 2.75) is 0 Å². The Morgan fingerprint density at radius 3 is 2.62 bits per heavy atom. The second kappa shape index (κ2) is 3.21. The summed E-state index contributed by atoms with van der Waals surface area (Å²) in [6.45, 7) is 0. The molecule has 0 fully saturated rings. The van der Waals surface area contributed by atoms with Crippen LogP contribution in [0, 0.1) is 6.08 Å². The van der Waals surface area contributed by atoms with Gasteiger partial charge in [0.15, 0.2) is 0 Å². The van der Waals surface area contributed by atoms with Crippen LogP contribution in [0.3, 0.4) is 0 Å². The Morgan fingerprint density at radius 1 is 1.54 bits per heavy atom. The number of carbonyl (C=O) groups is 1. The molecule has 0 aliphatic rings. The molecule has 0 atom stereocenters. The van der Waals surface area contributed by atoms with Crippen LogP contribution in [0.4, 0.5) is 16.0 Å². The molecule has 0 unspecified atom stereocenters. The number of halogens is 1. The summed E-state index contributed by atoms with van der Waals surface area (Å²) >= 11 is 0. The van der Waals surface area contributed by atoms with Crippen LogP contribution in [0.1, 0.15) is 10.4 Å². The van der Waals surface area contributed by atoms with Crippen LogP contribution in [0.15, 0.2) is 0 Å². The molecule has 0 aliphatic heterocycles. The van der Waals surface area contributed by atoms with E-state index < -0.39 is 12.0 Å². The molecule has 7 heteroatoms. The minimum absolute atomic E-state index is 0.0162. The summed E-state index contributed by atoms with van der Waals surface area (Å²) in [5, 5.41) is 2.49. The smallest absolute Gasteiger partial charge is 0.312 e. The summed E-state index contributed by atoms with van der Waals surface area (Å²) in [5.74, 6) is -1.09. The molecular formula is C6H8FN5O. The molecule has 1 rings (SSSR count). The lowest BCUT2D eigenvalue weighted by Gasteiger charge is -2.06. The number of hydrogen-bond donors (Lipinski definition) is 3. The third-order valence-electron chi connectivity index (χ3n) is 1.39. The standard InChI is InChI=1S/C6H8FN5O/c1-10-5-2(4(9)13)3(8)11-6(7)12-5/h1H3,(H2,9,13)(H3,8,10,11,12). The molecule has 0 radical (unpaired) electrons. The molecule has 0 saturated heterocycles. The van der Waals surface area contributed by atoms with Gasteiger partial charge in [0.2, 0.25) is 0 Å². The SMILES string of the molecule is CNc1nc(F)nc(N)c1C(N)=O. The van der Waals surface area contributed by atoms with Crippen molar-refractivity contribution in [1.82, 2.24) is 9.97 Å². The minimum atomic E-state index is -1.01. The quantitative estimate of drug-likeness (QED) is 0.530. The summed E-state index contributed by atoms with van der Waals surface area (Å²) < 4.78 is 12.6. The van der Waals surface area contributed by atoms with Gasteiger partial charge in [-0.1, -0.05) is 0 Å². The van der Waals surface area contributed by atoms with Gasteiger partial charge in [0, 0.05) is 7.05 Å². The number of amides is 1. The zero-order valence-electron chi connectivity index (χ0n) is 6.84. The van der Waals surface area contributed by atoms with Crippen molar-refractivity contribution in [2.24, 2.45) is 5.73 Å². The van der Waals surface area contributed by atoms with Crippen molar-refractivity contribution in [3.8, 4) is 0 Å². The first-order valence-corrected chi connectivity index (χ1v) is 3.36. The largest absolute Gasteiger partial charge is 0.383 e. The number of nitrogens with one attached hydrogen (secondary N) is 1. The van der Waals surface area contributed by atoms with Gasteiger partial charge in [-0.15, -0.1) is 0 Å². The highest BCUT2D eigenvalue weighted by Gasteiger charge is 2.15. The lowest BCUT2D eigenvalue weighted by Crippen LogP contribution is -2.18. The van der Waals surface area contributed by atoms with Crippen LogP contribution < -0.4 is 16.8 Å². The van der Waals surface area contributed by atoms with Crippen LogP contribution >= 0.6 is 0 Å². The summed E-state index contributed by atoms with van der Waals surface area (Å²) in [7, 11) is 1.47. The van der Waals surface area contributed by atoms with E-state index in [1.807, 2.05) is 0 Å². The molecule has 0 spiro atoms. The molecule has 70 valence electrons. The van der Waals surface area contributed by atoms with Gasteiger partial charge in [-0.2, -0.15) is 14.4 Å². The second-order valence-corrected chi connectivity index (χ2v) is 2.22. The van der Waals surface area contributed by atoms with Gasteiger partial charge >= 0.3 is 6.08 Å². The highest BCUT2D eigenvalue weighted by atomic mass is 19.1. The van der Waals surface area contributed by atoms with E-state index in [1.54, 1.807) is 0 Å². The van der Waals surface area contributed by atoms with Crippen LogP contribution in [-0.2, 0) is 0 Å². The van der Waals surface area contributed by atoms with Crippen molar-refractivity contribution in [3.05, 3.63) is 11.6 Å². The lowest BCUT2D eigenvalue weighted by atomic mass is 10.2. The van der Waals surface area contributed by atoms with Gasteiger partial charge in [-0.05, 0) is 0 Å². The summed E-state index contributed by atoms with van der Waals surface area (Å²) in [6, 6.07) is 0. The average Bonchev–Trinajstić information content (AvgIpc) is 2.01. The van der Waals surface area contributed by atoms with E-state index >= 15 is 0 Å².